The molecule has 0 spiro atoms. The molecule has 0 saturated heterocycles. The fourth-order valence-corrected chi connectivity index (χ4v) is 1.90. The van der Waals surface area contributed by atoms with E-state index in [1.165, 1.54) is 7.11 Å². The van der Waals surface area contributed by atoms with E-state index in [-0.39, 0.29) is 5.91 Å². The van der Waals surface area contributed by atoms with Crippen molar-refractivity contribution in [2.45, 2.75) is 6.92 Å². The predicted molar refractivity (Wildman–Crippen MR) is 85.8 cm³/mol. The normalized spacial score (nSPS) is 10.5. The van der Waals surface area contributed by atoms with Gasteiger partial charge >= 0.3 is 0 Å². The second-order valence-electron chi connectivity index (χ2n) is 4.68. The van der Waals surface area contributed by atoms with Crippen LogP contribution in [-0.2, 0) is 0 Å². The van der Waals surface area contributed by atoms with Gasteiger partial charge in [-0.1, -0.05) is 6.07 Å². The van der Waals surface area contributed by atoms with Crippen molar-refractivity contribution in [2.24, 2.45) is 5.10 Å². The Hall–Kier alpha value is -2.82. The molecule has 5 nitrogen and oxygen atoms in total. The predicted octanol–water partition coefficient (Wildman–Crippen LogP) is 2.78. The smallest absolute Gasteiger partial charge is 0.275 e. The van der Waals surface area contributed by atoms with E-state index in [2.05, 4.69) is 10.5 Å². The van der Waals surface area contributed by atoms with Gasteiger partial charge in [-0.25, -0.2) is 5.43 Å². The lowest BCUT2D eigenvalue weighted by molar-refractivity contribution is 0.0952. The number of aryl methyl sites for hydroxylation is 1. The SMILES string of the molecule is COc1ccc(/C=N\NC(=O)c2ccc(C)cc2OC)cc1. The first-order valence-electron chi connectivity index (χ1n) is 6.76. The zero-order chi connectivity index (χ0) is 15.9. The minimum atomic E-state index is -0.318. The van der Waals surface area contributed by atoms with E-state index in [1.54, 1.807) is 19.4 Å². The number of methoxy groups -OCH3 is 2. The third-order valence-corrected chi connectivity index (χ3v) is 3.10. The van der Waals surface area contributed by atoms with Gasteiger partial charge in [-0.3, -0.25) is 4.79 Å². The maximum absolute atomic E-state index is 12.1. The van der Waals surface area contributed by atoms with Crippen LogP contribution in [0.25, 0.3) is 0 Å². The first kappa shape index (κ1) is 15.6. The highest BCUT2D eigenvalue weighted by molar-refractivity contribution is 5.97. The number of carbonyl (C=O) groups is 1. The van der Waals surface area contributed by atoms with Crippen molar-refractivity contribution in [2.75, 3.05) is 14.2 Å². The van der Waals surface area contributed by atoms with Crippen LogP contribution < -0.4 is 14.9 Å². The third kappa shape index (κ3) is 3.85. The fourth-order valence-electron chi connectivity index (χ4n) is 1.90. The molecule has 114 valence electrons. The van der Waals surface area contributed by atoms with E-state index in [4.69, 9.17) is 9.47 Å². The van der Waals surface area contributed by atoms with Gasteiger partial charge in [0, 0.05) is 0 Å². The van der Waals surface area contributed by atoms with Gasteiger partial charge in [-0.15, -0.1) is 0 Å². The molecule has 1 amide bonds. The van der Waals surface area contributed by atoms with Crippen molar-refractivity contribution in [1.82, 2.24) is 5.43 Å². The van der Waals surface area contributed by atoms with Gasteiger partial charge < -0.3 is 9.47 Å². The van der Waals surface area contributed by atoms with Crippen LogP contribution in [0.2, 0.25) is 0 Å². The molecule has 0 aliphatic carbocycles. The molecular weight excluding hydrogens is 280 g/mol. The van der Waals surface area contributed by atoms with E-state index in [0.717, 1.165) is 16.9 Å². The van der Waals surface area contributed by atoms with Crippen LogP contribution in [0.1, 0.15) is 21.5 Å². The molecule has 2 rings (SSSR count). The topological polar surface area (TPSA) is 59.9 Å². The minimum Gasteiger partial charge on any atom is -0.497 e. The number of amides is 1. The van der Waals surface area contributed by atoms with Crippen LogP contribution >= 0.6 is 0 Å². The molecule has 0 bridgehead atoms. The number of nitrogens with one attached hydrogen (secondary N) is 1. The average Bonchev–Trinajstić information content (AvgIpc) is 2.55. The van der Waals surface area contributed by atoms with E-state index in [9.17, 15) is 4.79 Å². The molecule has 0 aliphatic heterocycles. The summed E-state index contributed by atoms with van der Waals surface area (Å²) in [5, 5.41) is 3.95. The summed E-state index contributed by atoms with van der Waals surface area (Å²) < 4.78 is 10.3. The molecule has 0 saturated carbocycles. The summed E-state index contributed by atoms with van der Waals surface area (Å²) in [5.41, 5.74) is 4.82. The van der Waals surface area contributed by atoms with Crippen molar-refractivity contribution in [3.63, 3.8) is 0 Å². The summed E-state index contributed by atoms with van der Waals surface area (Å²) in [6.45, 7) is 1.94. The number of hydrazone groups is 1. The quantitative estimate of drug-likeness (QED) is 0.682. The lowest BCUT2D eigenvalue weighted by atomic mass is 10.1. The Morgan fingerprint density at radius 2 is 1.82 bits per heavy atom. The summed E-state index contributed by atoms with van der Waals surface area (Å²) >= 11 is 0. The van der Waals surface area contributed by atoms with Crippen LogP contribution in [0, 0.1) is 6.92 Å². The second-order valence-corrected chi connectivity index (χ2v) is 4.68. The van der Waals surface area contributed by atoms with E-state index in [1.807, 2.05) is 43.3 Å². The molecule has 0 unspecified atom stereocenters. The van der Waals surface area contributed by atoms with Crippen molar-refractivity contribution in [3.05, 3.63) is 59.2 Å². The maximum Gasteiger partial charge on any atom is 0.275 e. The fraction of sp³-hybridized carbons (Fsp3) is 0.176. The Bertz CT molecular complexity index is 679. The average molecular weight is 298 g/mol. The van der Waals surface area contributed by atoms with Gasteiger partial charge in [-0.2, -0.15) is 5.10 Å². The van der Waals surface area contributed by atoms with Gasteiger partial charge in [0.25, 0.3) is 5.91 Å². The minimum absolute atomic E-state index is 0.318. The van der Waals surface area contributed by atoms with E-state index >= 15 is 0 Å². The zero-order valence-electron chi connectivity index (χ0n) is 12.8. The monoisotopic (exact) mass is 298 g/mol. The van der Waals surface area contributed by atoms with Gasteiger partial charge in [0.1, 0.15) is 11.5 Å². The van der Waals surface area contributed by atoms with Crippen molar-refractivity contribution in [3.8, 4) is 11.5 Å². The standard InChI is InChI=1S/C17H18N2O3/c1-12-4-9-15(16(10-12)22-3)17(20)19-18-11-13-5-7-14(21-2)8-6-13/h4-11H,1-3H3,(H,19,20)/b18-11-. The Morgan fingerprint density at radius 1 is 1.09 bits per heavy atom. The number of hydrogen-bond donors (Lipinski definition) is 1. The first-order chi connectivity index (χ1) is 10.6. The number of benzene rings is 2. The molecular formula is C17H18N2O3. The number of ether oxygens (including phenoxy) is 2. The van der Waals surface area contributed by atoms with Gasteiger partial charge in [0.05, 0.1) is 26.0 Å². The Labute approximate surface area is 129 Å². The summed E-state index contributed by atoms with van der Waals surface area (Å²) in [7, 11) is 3.14. The van der Waals surface area contributed by atoms with Crippen molar-refractivity contribution < 1.29 is 14.3 Å². The van der Waals surface area contributed by atoms with E-state index in [0.29, 0.717) is 11.3 Å². The van der Waals surface area contributed by atoms with Crippen LogP contribution in [0.15, 0.2) is 47.6 Å². The molecule has 0 aliphatic rings. The molecule has 22 heavy (non-hydrogen) atoms. The highest BCUT2D eigenvalue weighted by Crippen LogP contribution is 2.19. The van der Waals surface area contributed by atoms with E-state index < -0.39 is 0 Å². The highest BCUT2D eigenvalue weighted by atomic mass is 16.5. The summed E-state index contributed by atoms with van der Waals surface area (Å²) in [4.78, 5) is 12.1. The van der Waals surface area contributed by atoms with Gasteiger partial charge in [0.2, 0.25) is 0 Å². The largest absolute Gasteiger partial charge is 0.497 e. The molecule has 0 heterocycles. The highest BCUT2D eigenvalue weighted by Gasteiger charge is 2.11. The lowest BCUT2D eigenvalue weighted by Crippen LogP contribution is -2.18. The number of hydrogen-bond acceptors (Lipinski definition) is 4. The molecule has 1 N–H and O–H groups in total. The maximum atomic E-state index is 12.1. The van der Waals surface area contributed by atoms with Gasteiger partial charge in [-0.05, 0) is 54.4 Å². The van der Waals surface area contributed by atoms with Crippen LogP contribution in [0.3, 0.4) is 0 Å². The number of rotatable bonds is 5. The lowest BCUT2D eigenvalue weighted by Gasteiger charge is -2.07. The summed E-state index contributed by atoms with van der Waals surface area (Å²) in [6.07, 6.45) is 1.57. The third-order valence-electron chi connectivity index (χ3n) is 3.10. The van der Waals surface area contributed by atoms with Crippen LogP contribution in [0.4, 0.5) is 0 Å². The molecule has 0 aromatic heterocycles. The molecule has 0 fully saturated rings. The van der Waals surface area contributed by atoms with Crippen LogP contribution in [-0.4, -0.2) is 26.3 Å². The van der Waals surface area contributed by atoms with Crippen LogP contribution in [0.5, 0.6) is 11.5 Å². The Morgan fingerprint density at radius 3 is 2.45 bits per heavy atom. The number of carbonyl (C=O) groups excluding carboxylic acids is 1. The zero-order valence-corrected chi connectivity index (χ0v) is 12.8. The Kier molecular flexibility index (Phi) is 5.14. The summed E-state index contributed by atoms with van der Waals surface area (Å²) in [5.74, 6) is 0.976. The summed E-state index contributed by atoms with van der Waals surface area (Å²) in [6, 6.07) is 12.7. The molecule has 0 atom stereocenters. The van der Waals surface area contributed by atoms with Crippen molar-refractivity contribution in [1.29, 1.82) is 0 Å². The molecule has 5 heteroatoms. The van der Waals surface area contributed by atoms with Gasteiger partial charge in [0.15, 0.2) is 0 Å². The van der Waals surface area contributed by atoms with Crippen molar-refractivity contribution >= 4 is 12.1 Å². The molecule has 0 radical (unpaired) electrons. The first-order valence-corrected chi connectivity index (χ1v) is 6.76. The number of nitrogens with zero attached hydrogens (tertiary/aromatic N) is 1. The second kappa shape index (κ2) is 7.26. The molecule has 2 aromatic rings. The Balaban J connectivity index is 2.04. The molecule has 2 aromatic carbocycles.